The Morgan fingerprint density at radius 2 is 1.76 bits per heavy atom. The second kappa shape index (κ2) is 10.7. The summed E-state index contributed by atoms with van der Waals surface area (Å²) in [5.41, 5.74) is 3.52. The van der Waals surface area contributed by atoms with Crippen LogP contribution in [0.2, 0.25) is 0 Å². The van der Waals surface area contributed by atoms with Crippen LogP contribution in [0.5, 0.6) is 5.75 Å². The summed E-state index contributed by atoms with van der Waals surface area (Å²) < 4.78 is 5.96. The maximum Gasteiger partial charge on any atom is 0.296 e. The number of ether oxygens (including phenoxy) is 1. The van der Waals surface area contributed by atoms with Gasteiger partial charge in [-0.25, -0.2) is 4.98 Å². The number of anilines is 1. The molecule has 194 valence electrons. The van der Waals surface area contributed by atoms with E-state index in [1.54, 1.807) is 38.3 Å². The molecule has 5 rings (SSSR count). The Labute approximate surface area is 232 Å². The predicted molar refractivity (Wildman–Crippen MR) is 149 cm³/mol. The molecular weight excluding hydrogens is 541 g/mol. The van der Waals surface area contributed by atoms with E-state index in [0.717, 1.165) is 10.6 Å². The van der Waals surface area contributed by atoms with E-state index in [2.05, 4.69) is 39.4 Å². The first kappa shape index (κ1) is 26.1. The van der Waals surface area contributed by atoms with E-state index >= 15 is 0 Å². The van der Waals surface area contributed by atoms with Crippen molar-refractivity contribution in [3.8, 4) is 5.75 Å². The van der Waals surface area contributed by atoms with Crippen LogP contribution in [0.15, 0.2) is 64.2 Å². The fourth-order valence-electron chi connectivity index (χ4n) is 4.19. The van der Waals surface area contributed by atoms with Gasteiger partial charge in [0.2, 0.25) is 10.9 Å². The number of thioether (sulfide) groups is 1. The number of aliphatic hydroxyl groups is 1. The summed E-state index contributed by atoms with van der Waals surface area (Å²) in [5, 5.41) is 20.6. The number of carbonyl (C=O) groups is 2. The molecule has 0 fully saturated rings. The van der Waals surface area contributed by atoms with Crippen molar-refractivity contribution in [2.75, 3.05) is 12.0 Å². The Morgan fingerprint density at radius 1 is 1.05 bits per heavy atom. The third-order valence-corrected chi connectivity index (χ3v) is 9.28. The molecule has 1 unspecified atom stereocenters. The predicted octanol–water partition coefficient (Wildman–Crippen LogP) is 6.00. The Hall–Kier alpha value is -3.54. The van der Waals surface area contributed by atoms with Crippen molar-refractivity contribution in [3.05, 3.63) is 92.1 Å². The fraction of sp³-hybridized carbons (Fsp3) is 0.222. The molecule has 0 spiro atoms. The van der Waals surface area contributed by atoms with E-state index in [1.165, 1.54) is 44.9 Å². The molecule has 11 heteroatoms. The van der Waals surface area contributed by atoms with Gasteiger partial charge in [-0.1, -0.05) is 65.1 Å². The van der Waals surface area contributed by atoms with Crippen molar-refractivity contribution < 1.29 is 19.4 Å². The Kier molecular flexibility index (Phi) is 7.33. The summed E-state index contributed by atoms with van der Waals surface area (Å²) in [6, 6.07) is 14.4. The molecule has 38 heavy (non-hydrogen) atoms. The van der Waals surface area contributed by atoms with Crippen LogP contribution in [-0.4, -0.2) is 39.1 Å². The molecule has 2 aromatic heterocycles. The Balaban J connectivity index is 1.50. The molecular formula is C27H24N4O4S3. The van der Waals surface area contributed by atoms with Crippen molar-refractivity contribution in [3.63, 3.8) is 0 Å². The maximum absolute atomic E-state index is 13.7. The van der Waals surface area contributed by atoms with Crippen LogP contribution >= 0.6 is 34.4 Å². The van der Waals surface area contributed by atoms with Crippen LogP contribution in [0.3, 0.4) is 0 Å². The second-order valence-corrected chi connectivity index (χ2v) is 12.1. The summed E-state index contributed by atoms with van der Waals surface area (Å²) >= 11 is 3.99. The average Bonchev–Trinajstić information content (AvgIpc) is 3.59. The Bertz CT molecular complexity index is 1540. The minimum atomic E-state index is -0.884. The van der Waals surface area contributed by atoms with Crippen LogP contribution in [0.4, 0.5) is 5.13 Å². The first-order chi connectivity index (χ1) is 18.3. The van der Waals surface area contributed by atoms with Crippen LogP contribution in [0, 0.1) is 20.8 Å². The number of hydrogen-bond acceptors (Lipinski definition) is 10. The van der Waals surface area contributed by atoms with Crippen molar-refractivity contribution in [2.45, 2.75) is 36.9 Å². The van der Waals surface area contributed by atoms with Gasteiger partial charge in [0.25, 0.3) is 5.91 Å². The number of aryl methyl sites for hydroxylation is 3. The summed E-state index contributed by atoms with van der Waals surface area (Å²) in [7, 11) is 1.56. The number of hydrogen-bond donors (Lipinski definition) is 1. The summed E-state index contributed by atoms with van der Waals surface area (Å²) in [6.07, 6.45) is 0. The van der Waals surface area contributed by atoms with Gasteiger partial charge in [0, 0.05) is 5.75 Å². The number of thiazole rings is 1. The number of amides is 1. The molecule has 1 aliphatic heterocycles. The van der Waals surface area contributed by atoms with Gasteiger partial charge in [0.1, 0.15) is 5.75 Å². The van der Waals surface area contributed by atoms with E-state index in [-0.39, 0.29) is 5.57 Å². The molecule has 0 radical (unpaired) electrons. The van der Waals surface area contributed by atoms with E-state index in [1.807, 2.05) is 13.8 Å². The van der Waals surface area contributed by atoms with Crippen molar-refractivity contribution in [2.24, 2.45) is 0 Å². The number of methoxy groups -OCH3 is 1. The normalized spacial score (nSPS) is 15.4. The average molecular weight is 565 g/mol. The third-order valence-electron chi connectivity index (χ3n) is 6.08. The van der Waals surface area contributed by atoms with Crippen molar-refractivity contribution in [1.82, 2.24) is 15.2 Å². The van der Waals surface area contributed by atoms with E-state index in [4.69, 9.17) is 4.74 Å². The highest BCUT2D eigenvalue weighted by Gasteiger charge is 2.46. The molecule has 0 aliphatic carbocycles. The molecule has 4 aromatic rings. The summed E-state index contributed by atoms with van der Waals surface area (Å²) in [6.45, 7) is 5.60. The zero-order valence-electron chi connectivity index (χ0n) is 21.1. The zero-order valence-corrected chi connectivity index (χ0v) is 23.5. The number of nitrogens with zero attached hydrogens (tertiary/aromatic N) is 4. The lowest BCUT2D eigenvalue weighted by Crippen LogP contribution is -2.31. The van der Waals surface area contributed by atoms with Crippen LogP contribution < -0.4 is 9.64 Å². The van der Waals surface area contributed by atoms with Gasteiger partial charge >= 0.3 is 0 Å². The highest BCUT2D eigenvalue weighted by molar-refractivity contribution is 8.00. The molecule has 3 heterocycles. The van der Waals surface area contributed by atoms with Gasteiger partial charge in [0.15, 0.2) is 10.1 Å². The first-order valence-corrected chi connectivity index (χ1v) is 14.3. The molecule has 2 aromatic carbocycles. The largest absolute Gasteiger partial charge is 0.503 e. The van der Waals surface area contributed by atoms with Gasteiger partial charge < -0.3 is 9.84 Å². The summed E-state index contributed by atoms with van der Waals surface area (Å²) in [5.74, 6) is -0.391. The number of carbonyl (C=O) groups excluding carboxylic acids is 2. The summed E-state index contributed by atoms with van der Waals surface area (Å²) in [4.78, 5) is 33.2. The van der Waals surface area contributed by atoms with Gasteiger partial charge in [-0.2, -0.15) is 0 Å². The van der Waals surface area contributed by atoms with E-state index in [9.17, 15) is 14.7 Å². The van der Waals surface area contributed by atoms with Gasteiger partial charge in [-0.05, 0) is 44.0 Å². The van der Waals surface area contributed by atoms with Gasteiger partial charge in [-0.3, -0.25) is 14.5 Å². The highest BCUT2D eigenvalue weighted by atomic mass is 32.2. The van der Waals surface area contributed by atoms with Crippen LogP contribution in [0.1, 0.15) is 43.1 Å². The van der Waals surface area contributed by atoms with Crippen LogP contribution in [0.25, 0.3) is 0 Å². The topological polar surface area (TPSA) is 106 Å². The first-order valence-electron chi connectivity index (χ1n) is 11.7. The fourth-order valence-corrected chi connectivity index (χ4v) is 6.89. The van der Waals surface area contributed by atoms with E-state index < -0.39 is 23.5 Å². The van der Waals surface area contributed by atoms with Gasteiger partial charge in [0.05, 0.1) is 34.3 Å². The SMILES string of the molecule is COc1ccc(C2C(C(=O)c3sc(C)nc3C)=C(O)C(=O)N2c2nnc(SCc3ccc(C)cc3)s2)cc1. The molecule has 8 nitrogen and oxygen atoms in total. The standard InChI is InChI=1S/C27H24N4O4S3/c1-14-5-7-17(8-6-14)13-36-27-30-29-26(38-27)31-21(18-9-11-19(35-4)12-10-18)20(23(33)25(31)34)22(32)24-15(2)28-16(3)37-24/h5-12,21,33H,13H2,1-4H3. The van der Waals surface area contributed by atoms with Crippen molar-refractivity contribution in [1.29, 1.82) is 0 Å². The molecule has 0 saturated carbocycles. The van der Waals surface area contributed by atoms with Crippen molar-refractivity contribution >= 4 is 51.3 Å². The second-order valence-electron chi connectivity index (χ2n) is 8.71. The molecule has 1 amide bonds. The number of rotatable bonds is 8. The quantitative estimate of drug-likeness (QED) is 0.158. The number of Topliss-reactive ketones (excluding diaryl/α,β-unsaturated/α-hetero) is 1. The number of benzene rings is 2. The lowest BCUT2D eigenvalue weighted by atomic mass is 9.95. The maximum atomic E-state index is 13.7. The molecule has 0 bridgehead atoms. The lowest BCUT2D eigenvalue weighted by molar-refractivity contribution is -0.117. The van der Waals surface area contributed by atoms with E-state index in [0.29, 0.717) is 37.1 Å². The zero-order chi connectivity index (χ0) is 27.0. The van der Waals surface area contributed by atoms with Gasteiger partial charge in [-0.15, -0.1) is 21.5 Å². The Morgan fingerprint density at radius 3 is 2.39 bits per heavy atom. The number of aliphatic hydroxyl groups excluding tert-OH is 1. The molecule has 1 atom stereocenters. The van der Waals surface area contributed by atoms with Crippen LogP contribution in [-0.2, 0) is 10.5 Å². The highest BCUT2D eigenvalue weighted by Crippen LogP contribution is 2.44. The lowest BCUT2D eigenvalue weighted by Gasteiger charge is -2.24. The monoisotopic (exact) mass is 564 g/mol. The molecule has 1 N–H and O–H groups in total. The molecule has 1 aliphatic rings. The minimum absolute atomic E-state index is 0.00373. The molecule has 0 saturated heterocycles. The smallest absolute Gasteiger partial charge is 0.296 e. The number of aromatic nitrogens is 3. The minimum Gasteiger partial charge on any atom is -0.503 e. The third kappa shape index (κ3) is 4.96. The number of ketones is 1.